The molecule has 0 bridgehead atoms. The van der Waals surface area contributed by atoms with Crippen molar-refractivity contribution in [1.29, 1.82) is 0 Å². The summed E-state index contributed by atoms with van der Waals surface area (Å²) < 4.78 is 0. The number of nitro groups is 1. The van der Waals surface area contributed by atoms with Crippen LogP contribution in [0.5, 0.6) is 0 Å². The number of hydrogen-bond acceptors (Lipinski definition) is 4. The van der Waals surface area contributed by atoms with Gasteiger partial charge >= 0.3 is 0 Å². The Morgan fingerprint density at radius 1 is 1.39 bits per heavy atom. The van der Waals surface area contributed by atoms with Gasteiger partial charge in [0.05, 0.1) is 15.6 Å². The molecule has 0 spiro atoms. The van der Waals surface area contributed by atoms with Crippen LogP contribution in [0.15, 0.2) is 18.2 Å². The van der Waals surface area contributed by atoms with Gasteiger partial charge in [0, 0.05) is 24.2 Å². The second-order valence-electron chi connectivity index (χ2n) is 4.62. The zero-order valence-electron chi connectivity index (χ0n) is 9.93. The fourth-order valence-electron chi connectivity index (χ4n) is 2.27. The average Bonchev–Trinajstić information content (AvgIpc) is 2.34. The first kappa shape index (κ1) is 13.1. The van der Waals surface area contributed by atoms with Crippen molar-refractivity contribution in [2.45, 2.75) is 37.8 Å². The first-order chi connectivity index (χ1) is 8.58. The van der Waals surface area contributed by atoms with Crippen molar-refractivity contribution in [2.75, 3.05) is 5.32 Å². The minimum atomic E-state index is -0.456. The summed E-state index contributed by atoms with van der Waals surface area (Å²) in [5.74, 6) is 0. The monoisotopic (exact) mass is 269 g/mol. The Balaban J connectivity index is 2.11. The third-order valence-electron chi connectivity index (χ3n) is 3.32. The molecular formula is C12H16ClN3O2. The van der Waals surface area contributed by atoms with Crippen molar-refractivity contribution in [2.24, 2.45) is 5.73 Å². The molecule has 2 atom stereocenters. The predicted molar refractivity (Wildman–Crippen MR) is 72.0 cm³/mol. The van der Waals surface area contributed by atoms with E-state index in [-0.39, 0.29) is 17.8 Å². The van der Waals surface area contributed by atoms with Gasteiger partial charge in [-0.25, -0.2) is 0 Å². The standard InChI is InChI=1S/C12H16ClN3O2/c13-9-7-8(16(17)18)5-6-11(9)15-12-4-2-1-3-10(12)14/h5-7,10,12,15H,1-4,14H2/t10-,12-/m1/s1. The van der Waals surface area contributed by atoms with Crippen molar-refractivity contribution in [3.8, 4) is 0 Å². The lowest BCUT2D eigenvalue weighted by molar-refractivity contribution is -0.384. The predicted octanol–water partition coefficient (Wildman–Crippen LogP) is 2.93. The maximum atomic E-state index is 10.6. The number of nitro benzene ring substituents is 1. The fraction of sp³-hybridized carbons (Fsp3) is 0.500. The van der Waals surface area contributed by atoms with Gasteiger partial charge in [-0.3, -0.25) is 10.1 Å². The van der Waals surface area contributed by atoms with Gasteiger partial charge in [0.2, 0.25) is 0 Å². The van der Waals surface area contributed by atoms with E-state index in [1.54, 1.807) is 6.07 Å². The van der Waals surface area contributed by atoms with Gasteiger partial charge in [0.1, 0.15) is 0 Å². The molecule has 0 unspecified atom stereocenters. The molecule has 0 aliphatic heterocycles. The molecule has 3 N–H and O–H groups in total. The van der Waals surface area contributed by atoms with E-state index in [0.29, 0.717) is 10.7 Å². The highest BCUT2D eigenvalue weighted by atomic mass is 35.5. The Morgan fingerprint density at radius 2 is 2.11 bits per heavy atom. The van der Waals surface area contributed by atoms with Gasteiger partial charge in [-0.2, -0.15) is 0 Å². The van der Waals surface area contributed by atoms with Crippen LogP contribution in [-0.2, 0) is 0 Å². The van der Waals surface area contributed by atoms with Gasteiger partial charge in [-0.15, -0.1) is 0 Å². The summed E-state index contributed by atoms with van der Waals surface area (Å²) in [5, 5.41) is 14.3. The molecule has 0 amide bonds. The first-order valence-corrected chi connectivity index (χ1v) is 6.42. The zero-order valence-corrected chi connectivity index (χ0v) is 10.7. The number of nitrogens with zero attached hydrogens (tertiary/aromatic N) is 1. The smallest absolute Gasteiger partial charge is 0.271 e. The van der Waals surface area contributed by atoms with Gasteiger partial charge < -0.3 is 11.1 Å². The molecule has 98 valence electrons. The van der Waals surface area contributed by atoms with E-state index in [0.717, 1.165) is 25.7 Å². The Morgan fingerprint density at radius 3 is 2.72 bits per heavy atom. The first-order valence-electron chi connectivity index (χ1n) is 6.04. The number of nitrogens with two attached hydrogens (primary N) is 1. The van der Waals surface area contributed by atoms with Gasteiger partial charge in [-0.05, 0) is 18.9 Å². The van der Waals surface area contributed by atoms with E-state index in [2.05, 4.69) is 5.32 Å². The van der Waals surface area contributed by atoms with E-state index >= 15 is 0 Å². The molecule has 1 fully saturated rings. The van der Waals surface area contributed by atoms with Crippen LogP contribution >= 0.6 is 11.6 Å². The van der Waals surface area contributed by atoms with Crippen LogP contribution in [0.1, 0.15) is 25.7 Å². The molecule has 6 heteroatoms. The van der Waals surface area contributed by atoms with Crippen LogP contribution in [0.4, 0.5) is 11.4 Å². The van der Waals surface area contributed by atoms with Crippen LogP contribution in [0.2, 0.25) is 5.02 Å². The highest BCUT2D eigenvalue weighted by Gasteiger charge is 2.22. The van der Waals surface area contributed by atoms with E-state index in [9.17, 15) is 10.1 Å². The summed E-state index contributed by atoms with van der Waals surface area (Å²) >= 11 is 6.03. The minimum Gasteiger partial charge on any atom is -0.380 e. The lowest BCUT2D eigenvalue weighted by atomic mass is 9.91. The number of halogens is 1. The molecule has 0 saturated heterocycles. The number of benzene rings is 1. The fourth-order valence-corrected chi connectivity index (χ4v) is 2.50. The molecule has 5 nitrogen and oxygen atoms in total. The van der Waals surface area contributed by atoms with E-state index in [1.807, 2.05) is 0 Å². The Kier molecular flexibility index (Phi) is 4.04. The van der Waals surface area contributed by atoms with Gasteiger partial charge in [0.15, 0.2) is 0 Å². The van der Waals surface area contributed by atoms with Crippen LogP contribution in [0.3, 0.4) is 0 Å². The molecule has 1 aliphatic rings. The highest BCUT2D eigenvalue weighted by Crippen LogP contribution is 2.29. The molecule has 1 aliphatic carbocycles. The SMILES string of the molecule is N[C@@H]1CCCC[C@H]1Nc1ccc([N+](=O)[O-])cc1Cl. The minimum absolute atomic E-state index is 0.00140. The number of non-ortho nitro benzene ring substituents is 1. The van der Waals surface area contributed by atoms with Crippen molar-refractivity contribution >= 4 is 23.0 Å². The average molecular weight is 270 g/mol. The van der Waals surface area contributed by atoms with Crippen molar-refractivity contribution in [3.63, 3.8) is 0 Å². The van der Waals surface area contributed by atoms with Crippen LogP contribution in [0, 0.1) is 10.1 Å². The Labute approximate surface area is 110 Å². The molecule has 1 saturated carbocycles. The van der Waals surface area contributed by atoms with Crippen LogP contribution in [-0.4, -0.2) is 17.0 Å². The summed E-state index contributed by atoms with van der Waals surface area (Å²) in [5.41, 5.74) is 6.75. The highest BCUT2D eigenvalue weighted by molar-refractivity contribution is 6.33. The normalized spacial score (nSPS) is 23.7. The molecule has 0 aromatic heterocycles. The largest absolute Gasteiger partial charge is 0.380 e. The molecule has 1 aromatic rings. The maximum Gasteiger partial charge on any atom is 0.271 e. The van der Waals surface area contributed by atoms with Crippen LogP contribution < -0.4 is 11.1 Å². The number of rotatable bonds is 3. The van der Waals surface area contributed by atoms with Gasteiger partial charge in [0.25, 0.3) is 5.69 Å². The molecule has 1 aromatic carbocycles. The molecular weight excluding hydrogens is 254 g/mol. The van der Waals surface area contributed by atoms with Crippen molar-refractivity contribution in [1.82, 2.24) is 0 Å². The third kappa shape index (κ3) is 2.91. The number of hydrogen-bond donors (Lipinski definition) is 2. The lowest BCUT2D eigenvalue weighted by Crippen LogP contribution is -2.42. The third-order valence-corrected chi connectivity index (χ3v) is 3.64. The Bertz CT molecular complexity index is 453. The second-order valence-corrected chi connectivity index (χ2v) is 5.03. The van der Waals surface area contributed by atoms with Crippen LogP contribution in [0.25, 0.3) is 0 Å². The summed E-state index contributed by atoms with van der Waals surface area (Å²) in [6, 6.07) is 4.76. The summed E-state index contributed by atoms with van der Waals surface area (Å²) in [4.78, 5) is 10.2. The number of anilines is 1. The summed E-state index contributed by atoms with van der Waals surface area (Å²) in [6.45, 7) is 0. The second kappa shape index (κ2) is 5.54. The zero-order chi connectivity index (χ0) is 13.1. The van der Waals surface area contributed by atoms with Crippen molar-refractivity contribution in [3.05, 3.63) is 33.3 Å². The molecule has 0 radical (unpaired) electrons. The molecule has 18 heavy (non-hydrogen) atoms. The number of nitrogens with one attached hydrogen (secondary N) is 1. The van der Waals surface area contributed by atoms with E-state index in [1.165, 1.54) is 12.1 Å². The maximum absolute atomic E-state index is 10.6. The molecule has 0 heterocycles. The van der Waals surface area contributed by atoms with E-state index in [4.69, 9.17) is 17.3 Å². The topological polar surface area (TPSA) is 81.2 Å². The summed E-state index contributed by atoms with van der Waals surface area (Å²) in [7, 11) is 0. The Hall–Kier alpha value is -1.33. The van der Waals surface area contributed by atoms with Crippen molar-refractivity contribution < 1.29 is 4.92 Å². The lowest BCUT2D eigenvalue weighted by Gasteiger charge is -2.30. The van der Waals surface area contributed by atoms with E-state index < -0.39 is 4.92 Å². The summed E-state index contributed by atoms with van der Waals surface area (Å²) in [6.07, 6.45) is 4.32. The quantitative estimate of drug-likeness (QED) is 0.653. The molecule has 2 rings (SSSR count). The van der Waals surface area contributed by atoms with Gasteiger partial charge in [-0.1, -0.05) is 24.4 Å².